The van der Waals surface area contributed by atoms with Gasteiger partial charge in [-0.25, -0.2) is 0 Å². The van der Waals surface area contributed by atoms with Crippen LogP contribution in [0, 0.1) is 6.92 Å². The van der Waals surface area contributed by atoms with Crippen molar-refractivity contribution in [2.45, 2.75) is 37.5 Å². The predicted molar refractivity (Wildman–Crippen MR) is 115 cm³/mol. The van der Waals surface area contributed by atoms with Crippen molar-refractivity contribution in [2.75, 3.05) is 32.2 Å². The van der Waals surface area contributed by atoms with Crippen molar-refractivity contribution in [3.8, 4) is 5.75 Å². The van der Waals surface area contributed by atoms with Crippen LogP contribution >= 0.6 is 0 Å². The average Bonchev–Trinajstić information content (AvgIpc) is 3.08. The first-order chi connectivity index (χ1) is 14.5. The van der Waals surface area contributed by atoms with Crippen molar-refractivity contribution in [3.63, 3.8) is 0 Å². The summed E-state index contributed by atoms with van der Waals surface area (Å²) < 4.78 is 10.8. The van der Waals surface area contributed by atoms with E-state index in [1.54, 1.807) is 7.11 Å². The third-order valence-electron chi connectivity index (χ3n) is 6.28. The van der Waals surface area contributed by atoms with Crippen LogP contribution in [-0.4, -0.2) is 38.7 Å². The molecule has 0 bridgehead atoms. The molecule has 6 heteroatoms. The molecule has 4 rings (SSSR count). The minimum absolute atomic E-state index is 0.0145. The van der Waals surface area contributed by atoms with Gasteiger partial charge in [0.1, 0.15) is 5.75 Å². The highest BCUT2D eigenvalue weighted by molar-refractivity contribution is 6.03. The zero-order valence-electron chi connectivity index (χ0n) is 17.5. The van der Waals surface area contributed by atoms with Gasteiger partial charge >= 0.3 is 0 Å². The van der Waals surface area contributed by atoms with E-state index in [-0.39, 0.29) is 17.7 Å². The first-order valence-corrected chi connectivity index (χ1v) is 10.5. The second-order valence-corrected chi connectivity index (χ2v) is 8.10. The van der Waals surface area contributed by atoms with Gasteiger partial charge < -0.3 is 20.1 Å². The molecule has 2 heterocycles. The van der Waals surface area contributed by atoms with Gasteiger partial charge in [-0.1, -0.05) is 29.8 Å². The predicted octanol–water partition coefficient (Wildman–Crippen LogP) is 3.29. The van der Waals surface area contributed by atoms with Gasteiger partial charge in [0.15, 0.2) is 0 Å². The summed E-state index contributed by atoms with van der Waals surface area (Å²) in [6, 6.07) is 13.8. The van der Waals surface area contributed by atoms with E-state index in [2.05, 4.69) is 16.7 Å². The molecule has 0 spiro atoms. The lowest BCUT2D eigenvalue weighted by molar-refractivity contribution is -0.130. The Balaban J connectivity index is 1.47. The molecule has 6 nitrogen and oxygen atoms in total. The molecule has 0 unspecified atom stereocenters. The van der Waals surface area contributed by atoms with Gasteiger partial charge in [0, 0.05) is 25.4 Å². The van der Waals surface area contributed by atoms with Crippen molar-refractivity contribution < 1.29 is 19.1 Å². The zero-order chi connectivity index (χ0) is 21.1. The fourth-order valence-corrected chi connectivity index (χ4v) is 4.53. The standard InChI is InChI=1S/C24H28N2O4/c1-16-4-3-5-17(14-16)24(9-12-30-13-10-24)23(28)25-11-8-19-20-15-18(29-2)6-7-21(20)26-22(19)27/h3-7,14-15,19H,8-13H2,1-2H3,(H,25,28)(H,26,27)/t19-/m0/s1. The number of nitrogens with one attached hydrogen (secondary N) is 2. The van der Waals surface area contributed by atoms with E-state index in [9.17, 15) is 9.59 Å². The molecule has 2 N–H and O–H groups in total. The van der Waals surface area contributed by atoms with Crippen LogP contribution in [-0.2, 0) is 19.7 Å². The van der Waals surface area contributed by atoms with Gasteiger partial charge in [0.2, 0.25) is 11.8 Å². The van der Waals surface area contributed by atoms with Crippen LogP contribution in [0.15, 0.2) is 42.5 Å². The molecule has 0 saturated carbocycles. The third-order valence-corrected chi connectivity index (χ3v) is 6.28. The minimum atomic E-state index is -0.580. The average molecular weight is 408 g/mol. The van der Waals surface area contributed by atoms with E-state index in [1.165, 1.54) is 0 Å². The number of carbonyl (C=O) groups excluding carboxylic acids is 2. The molecule has 1 saturated heterocycles. The molecule has 158 valence electrons. The van der Waals surface area contributed by atoms with E-state index >= 15 is 0 Å². The normalized spacial score (nSPS) is 19.7. The second-order valence-electron chi connectivity index (χ2n) is 8.10. The molecule has 0 aliphatic carbocycles. The molecular weight excluding hydrogens is 380 g/mol. The highest BCUT2D eigenvalue weighted by Gasteiger charge is 2.41. The molecule has 2 aliphatic heterocycles. The van der Waals surface area contributed by atoms with Crippen molar-refractivity contribution in [1.82, 2.24) is 5.32 Å². The smallest absolute Gasteiger partial charge is 0.232 e. The highest BCUT2D eigenvalue weighted by Crippen LogP contribution is 2.38. The van der Waals surface area contributed by atoms with E-state index in [1.807, 2.05) is 43.3 Å². The maximum Gasteiger partial charge on any atom is 0.232 e. The van der Waals surface area contributed by atoms with Crippen LogP contribution in [0.1, 0.15) is 41.9 Å². The maximum absolute atomic E-state index is 13.3. The molecule has 1 fully saturated rings. The Morgan fingerprint density at radius 2 is 2.03 bits per heavy atom. The lowest BCUT2D eigenvalue weighted by Gasteiger charge is -2.36. The minimum Gasteiger partial charge on any atom is -0.497 e. The molecule has 30 heavy (non-hydrogen) atoms. The van der Waals surface area contributed by atoms with E-state index in [4.69, 9.17) is 9.47 Å². The third kappa shape index (κ3) is 3.79. The fourth-order valence-electron chi connectivity index (χ4n) is 4.53. The number of ether oxygens (including phenoxy) is 2. The van der Waals surface area contributed by atoms with Crippen LogP contribution in [0.2, 0.25) is 0 Å². The Labute approximate surface area is 177 Å². The Hall–Kier alpha value is -2.86. The number of anilines is 1. The number of benzene rings is 2. The number of methoxy groups -OCH3 is 1. The van der Waals surface area contributed by atoms with Crippen LogP contribution < -0.4 is 15.4 Å². The molecule has 2 amide bonds. The number of fused-ring (bicyclic) bond motifs is 1. The van der Waals surface area contributed by atoms with Crippen LogP contribution in [0.5, 0.6) is 5.75 Å². The Morgan fingerprint density at radius 1 is 1.23 bits per heavy atom. The van der Waals surface area contributed by atoms with Gasteiger partial charge in [-0.2, -0.15) is 0 Å². The molecular formula is C24H28N2O4. The molecule has 2 aromatic rings. The van der Waals surface area contributed by atoms with Gasteiger partial charge in [0.25, 0.3) is 0 Å². The lowest BCUT2D eigenvalue weighted by atomic mass is 9.73. The summed E-state index contributed by atoms with van der Waals surface area (Å²) in [4.78, 5) is 25.8. The van der Waals surface area contributed by atoms with E-state index in [0.717, 1.165) is 28.1 Å². The first kappa shape index (κ1) is 20.4. The summed E-state index contributed by atoms with van der Waals surface area (Å²) in [7, 11) is 1.61. The summed E-state index contributed by atoms with van der Waals surface area (Å²) in [6.07, 6.45) is 1.86. The van der Waals surface area contributed by atoms with Crippen molar-refractivity contribution in [2.24, 2.45) is 0 Å². The van der Waals surface area contributed by atoms with Crippen molar-refractivity contribution in [1.29, 1.82) is 0 Å². The monoisotopic (exact) mass is 408 g/mol. The van der Waals surface area contributed by atoms with Gasteiger partial charge in [-0.3, -0.25) is 9.59 Å². The molecule has 2 aliphatic rings. The summed E-state index contributed by atoms with van der Waals surface area (Å²) >= 11 is 0. The first-order valence-electron chi connectivity index (χ1n) is 10.5. The SMILES string of the molecule is COc1ccc2c(c1)[C@H](CCNC(=O)C1(c3cccc(C)c3)CCOCC1)C(=O)N2. The van der Waals surface area contributed by atoms with Crippen molar-refractivity contribution >= 4 is 17.5 Å². The van der Waals surface area contributed by atoms with Gasteiger partial charge in [0.05, 0.1) is 18.4 Å². The number of hydrogen-bond donors (Lipinski definition) is 2. The largest absolute Gasteiger partial charge is 0.497 e. The Morgan fingerprint density at radius 3 is 2.77 bits per heavy atom. The zero-order valence-corrected chi connectivity index (χ0v) is 17.5. The Bertz CT molecular complexity index is 950. The van der Waals surface area contributed by atoms with Crippen LogP contribution in [0.3, 0.4) is 0 Å². The summed E-state index contributed by atoms with van der Waals surface area (Å²) in [5.74, 6) is 0.410. The van der Waals surface area contributed by atoms with E-state index < -0.39 is 5.41 Å². The number of hydrogen-bond acceptors (Lipinski definition) is 4. The highest BCUT2D eigenvalue weighted by atomic mass is 16.5. The van der Waals surface area contributed by atoms with Crippen LogP contribution in [0.25, 0.3) is 0 Å². The molecule has 0 radical (unpaired) electrons. The maximum atomic E-state index is 13.3. The summed E-state index contributed by atoms with van der Waals surface area (Å²) in [5.41, 5.74) is 3.34. The molecule has 1 atom stereocenters. The van der Waals surface area contributed by atoms with Crippen molar-refractivity contribution in [3.05, 3.63) is 59.2 Å². The Kier molecular flexibility index (Phi) is 5.77. The summed E-state index contributed by atoms with van der Waals surface area (Å²) in [5, 5.41) is 6.03. The molecule has 0 aromatic heterocycles. The summed E-state index contributed by atoms with van der Waals surface area (Å²) in [6.45, 7) is 3.61. The quantitative estimate of drug-likeness (QED) is 0.769. The van der Waals surface area contributed by atoms with Crippen LogP contribution in [0.4, 0.5) is 5.69 Å². The fraction of sp³-hybridized carbons (Fsp3) is 0.417. The van der Waals surface area contributed by atoms with Gasteiger partial charge in [-0.15, -0.1) is 0 Å². The second kappa shape index (κ2) is 8.48. The topological polar surface area (TPSA) is 76.7 Å². The number of carbonyl (C=O) groups is 2. The number of aryl methyl sites for hydroxylation is 1. The lowest BCUT2D eigenvalue weighted by Crippen LogP contribution is -2.48. The number of amides is 2. The van der Waals surface area contributed by atoms with Gasteiger partial charge in [-0.05, 0) is 55.5 Å². The number of rotatable bonds is 6. The molecule has 2 aromatic carbocycles. The van der Waals surface area contributed by atoms with E-state index in [0.29, 0.717) is 39.0 Å².